The summed E-state index contributed by atoms with van der Waals surface area (Å²) in [7, 11) is 0. The molecule has 0 N–H and O–H groups in total. The molecule has 0 bridgehead atoms. The van der Waals surface area contributed by atoms with E-state index in [0.29, 0.717) is 0 Å². The lowest BCUT2D eigenvalue weighted by molar-refractivity contribution is -0.133. The molecule has 0 aromatic heterocycles. The highest BCUT2D eigenvalue weighted by atomic mass is 19.4. The summed E-state index contributed by atoms with van der Waals surface area (Å²) in [5.74, 6) is 0. The van der Waals surface area contributed by atoms with Crippen molar-refractivity contribution >= 4 is 0 Å². The van der Waals surface area contributed by atoms with Crippen molar-refractivity contribution in [3.63, 3.8) is 0 Å². The molecule has 0 atom stereocenters. The van der Waals surface area contributed by atoms with Gasteiger partial charge in [-0.1, -0.05) is 19.1 Å². The molecule has 0 spiro atoms. The topological polar surface area (TPSA) is 0 Å². The smallest absolute Gasteiger partial charge is 0.171 e. The molecule has 1 radical (unpaired) electrons. The van der Waals surface area contributed by atoms with Gasteiger partial charge < -0.3 is 0 Å². The van der Waals surface area contributed by atoms with Crippen molar-refractivity contribution < 1.29 is 13.2 Å². The molecule has 0 aliphatic carbocycles. The highest BCUT2D eigenvalue weighted by Gasteiger charge is 2.25. The van der Waals surface area contributed by atoms with E-state index in [1.54, 1.807) is 12.2 Å². The standard InChI is InChI=1S/C8H12F3/c1-2-3-4-5-6-7-8(9,10)11/h4-5H,1-3,6-7H2/b5-4+. The molecule has 0 aromatic rings. The quantitative estimate of drug-likeness (QED) is 0.559. The molecule has 0 unspecified atom stereocenters. The second-order valence-electron chi connectivity index (χ2n) is 2.27. The highest BCUT2D eigenvalue weighted by Crippen LogP contribution is 2.21. The first-order chi connectivity index (χ1) is 5.06. The number of allylic oxidation sites excluding steroid dienone is 2. The van der Waals surface area contributed by atoms with Crippen LogP contribution in [0, 0.1) is 6.92 Å². The van der Waals surface area contributed by atoms with E-state index in [-0.39, 0.29) is 6.42 Å². The van der Waals surface area contributed by atoms with Gasteiger partial charge in [-0.2, -0.15) is 13.2 Å². The van der Waals surface area contributed by atoms with Gasteiger partial charge in [-0.15, -0.1) is 0 Å². The first kappa shape index (κ1) is 10.5. The Morgan fingerprint density at radius 2 is 1.64 bits per heavy atom. The molecule has 0 saturated heterocycles. The van der Waals surface area contributed by atoms with Gasteiger partial charge in [0.05, 0.1) is 0 Å². The first-order valence-corrected chi connectivity index (χ1v) is 3.57. The molecule has 0 aromatic carbocycles. The average Bonchev–Trinajstić information content (AvgIpc) is 1.85. The molecule has 0 nitrogen and oxygen atoms in total. The predicted octanol–water partition coefficient (Wildman–Crippen LogP) is 3.50. The fraction of sp³-hybridized carbons (Fsp3) is 0.625. The third kappa shape index (κ3) is 9.53. The molecule has 0 aliphatic heterocycles. The molecule has 0 heterocycles. The summed E-state index contributed by atoms with van der Waals surface area (Å²) >= 11 is 0. The number of rotatable bonds is 4. The maximum absolute atomic E-state index is 11.5. The van der Waals surface area contributed by atoms with Gasteiger partial charge in [-0.3, -0.25) is 0 Å². The number of hydrogen-bond donors (Lipinski definition) is 0. The molecule has 11 heavy (non-hydrogen) atoms. The van der Waals surface area contributed by atoms with Crippen LogP contribution in [0.4, 0.5) is 13.2 Å². The molecule has 0 aliphatic rings. The summed E-state index contributed by atoms with van der Waals surface area (Å²) in [4.78, 5) is 0. The van der Waals surface area contributed by atoms with Gasteiger partial charge in [0, 0.05) is 6.42 Å². The van der Waals surface area contributed by atoms with E-state index < -0.39 is 12.6 Å². The van der Waals surface area contributed by atoms with Crippen LogP contribution >= 0.6 is 0 Å². The minimum Gasteiger partial charge on any atom is -0.171 e. The Hall–Kier alpha value is -0.470. The average molecular weight is 165 g/mol. The van der Waals surface area contributed by atoms with Gasteiger partial charge in [-0.25, -0.2) is 0 Å². The lowest BCUT2D eigenvalue weighted by atomic mass is 10.2. The van der Waals surface area contributed by atoms with E-state index in [4.69, 9.17) is 0 Å². The van der Waals surface area contributed by atoms with E-state index in [1.165, 1.54) is 0 Å². The lowest BCUT2D eigenvalue weighted by Crippen LogP contribution is -2.05. The van der Waals surface area contributed by atoms with Gasteiger partial charge in [-0.05, 0) is 19.3 Å². The Morgan fingerprint density at radius 1 is 1.09 bits per heavy atom. The zero-order chi connectivity index (χ0) is 8.74. The molecule has 0 fully saturated rings. The van der Waals surface area contributed by atoms with Crippen molar-refractivity contribution in [3.05, 3.63) is 19.1 Å². The van der Waals surface area contributed by atoms with Crippen molar-refractivity contribution in [1.82, 2.24) is 0 Å². The van der Waals surface area contributed by atoms with Crippen LogP contribution in [0.15, 0.2) is 12.2 Å². The molecule has 3 heteroatoms. The summed E-state index contributed by atoms with van der Waals surface area (Å²) in [6.07, 6.45) is 0.136. The SMILES string of the molecule is [CH2]CC/C=C/CCC(F)(F)F. The maximum Gasteiger partial charge on any atom is 0.389 e. The summed E-state index contributed by atoms with van der Waals surface area (Å²) in [5.41, 5.74) is 0. The third-order valence-corrected chi connectivity index (χ3v) is 1.13. The van der Waals surface area contributed by atoms with Crippen LogP contribution < -0.4 is 0 Å². The van der Waals surface area contributed by atoms with Gasteiger partial charge in [0.15, 0.2) is 0 Å². The van der Waals surface area contributed by atoms with Crippen molar-refractivity contribution in [2.24, 2.45) is 0 Å². The number of hydrogen-bond acceptors (Lipinski definition) is 0. The van der Waals surface area contributed by atoms with Crippen molar-refractivity contribution in [1.29, 1.82) is 0 Å². The molecule has 65 valence electrons. The van der Waals surface area contributed by atoms with E-state index in [0.717, 1.165) is 12.8 Å². The summed E-state index contributed by atoms with van der Waals surface area (Å²) in [6.45, 7) is 3.56. The minimum atomic E-state index is -4.02. The summed E-state index contributed by atoms with van der Waals surface area (Å²) in [5, 5.41) is 0. The Labute approximate surface area is 65.1 Å². The molecule has 0 amide bonds. The van der Waals surface area contributed by atoms with Gasteiger partial charge >= 0.3 is 6.18 Å². The van der Waals surface area contributed by atoms with Crippen LogP contribution in [0.2, 0.25) is 0 Å². The van der Waals surface area contributed by atoms with Crippen molar-refractivity contribution in [2.45, 2.75) is 31.9 Å². The highest BCUT2D eigenvalue weighted by molar-refractivity contribution is 4.82. The minimum absolute atomic E-state index is 0.0868. The monoisotopic (exact) mass is 165 g/mol. The second kappa shape index (κ2) is 5.22. The normalized spacial score (nSPS) is 12.7. The zero-order valence-electron chi connectivity index (χ0n) is 6.32. The Kier molecular flexibility index (Phi) is 4.99. The van der Waals surface area contributed by atoms with Crippen molar-refractivity contribution in [2.75, 3.05) is 0 Å². The van der Waals surface area contributed by atoms with Crippen LogP contribution in [-0.2, 0) is 0 Å². The van der Waals surface area contributed by atoms with E-state index in [9.17, 15) is 13.2 Å². The number of unbranched alkanes of at least 4 members (excludes halogenated alkanes) is 1. The Bertz CT molecular complexity index is 113. The van der Waals surface area contributed by atoms with Crippen LogP contribution in [-0.4, -0.2) is 6.18 Å². The number of halogens is 3. The fourth-order valence-corrected chi connectivity index (χ4v) is 0.601. The van der Waals surface area contributed by atoms with E-state index >= 15 is 0 Å². The molecule has 0 rings (SSSR count). The molecule has 0 saturated carbocycles. The number of alkyl halides is 3. The van der Waals surface area contributed by atoms with Gasteiger partial charge in [0.1, 0.15) is 0 Å². The van der Waals surface area contributed by atoms with E-state index in [1.807, 2.05) is 0 Å². The molecular weight excluding hydrogens is 153 g/mol. The van der Waals surface area contributed by atoms with Gasteiger partial charge in [0.2, 0.25) is 0 Å². The predicted molar refractivity (Wildman–Crippen MR) is 39.0 cm³/mol. The summed E-state index contributed by atoms with van der Waals surface area (Å²) in [6, 6.07) is 0. The van der Waals surface area contributed by atoms with Crippen LogP contribution in [0.25, 0.3) is 0 Å². The zero-order valence-corrected chi connectivity index (χ0v) is 6.32. The third-order valence-electron chi connectivity index (χ3n) is 1.13. The van der Waals surface area contributed by atoms with Gasteiger partial charge in [0.25, 0.3) is 0 Å². The Morgan fingerprint density at radius 3 is 2.09 bits per heavy atom. The second-order valence-corrected chi connectivity index (χ2v) is 2.27. The summed E-state index contributed by atoms with van der Waals surface area (Å²) < 4.78 is 34.6. The Balaban J connectivity index is 3.27. The maximum atomic E-state index is 11.5. The van der Waals surface area contributed by atoms with Crippen LogP contribution in [0.3, 0.4) is 0 Å². The van der Waals surface area contributed by atoms with Crippen LogP contribution in [0.5, 0.6) is 0 Å². The fourth-order valence-electron chi connectivity index (χ4n) is 0.601. The lowest BCUT2D eigenvalue weighted by Gasteiger charge is -2.01. The van der Waals surface area contributed by atoms with Crippen LogP contribution in [0.1, 0.15) is 25.7 Å². The largest absolute Gasteiger partial charge is 0.389 e. The van der Waals surface area contributed by atoms with E-state index in [2.05, 4.69) is 6.92 Å². The first-order valence-electron chi connectivity index (χ1n) is 3.57. The molecular formula is C8H12F3. The van der Waals surface area contributed by atoms with Crippen molar-refractivity contribution in [3.8, 4) is 0 Å².